The lowest BCUT2D eigenvalue weighted by molar-refractivity contribution is 0.261. The van der Waals surface area contributed by atoms with Crippen LogP contribution < -0.4 is 0 Å². The topological polar surface area (TPSA) is 21.6 Å². The normalized spacial score (nSPS) is 29.4. The monoisotopic (exact) mass is 167 g/mol. The fraction of sp³-hybridized carbons (Fsp3) is 0.900. The molecule has 0 N–H and O–H groups in total. The molecule has 0 bridgehead atoms. The SMILES string of the molecule is CCC1(C2=NC(C)(C)CO2)CC1. The molecule has 2 aliphatic rings. The molecule has 0 saturated heterocycles. The van der Waals surface area contributed by atoms with Gasteiger partial charge in [0.25, 0.3) is 0 Å². The molecule has 1 saturated carbocycles. The Labute approximate surface area is 74.0 Å². The Morgan fingerprint density at radius 3 is 2.42 bits per heavy atom. The van der Waals surface area contributed by atoms with E-state index in [2.05, 4.69) is 25.8 Å². The number of hydrogen-bond donors (Lipinski definition) is 0. The number of aliphatic imine (C=N–C) groups is 1. The van der Waals surface area contributed by atoms with Gasteiger partial charge in [-0.25, -0.2) is 4.99 Å². The highest BCUT2D eigenvalue weighted by Crippen LogP contribution is 2.51. The van der Waals surface area contributed by atoms with Gasteiger partial charge in [0.1, 0.15) is 6.61 Å². The van der Waals surface area contributed by atoms with Crippen molar-refractivity contribution in [2.75, 3.05) is 6.61 Å². The van der Waals surface area contributed by atoms with Crippen molar-refractivity contribution < 1.29 is 4.74 Å². The molecule has 1 fully saturated rings. The van der Waals surface area contributed by atoms with E-state index in [1.54, 1.807) is 0 Å². The summed E-state index contributed by atoms with van der Waals surface area (Å²) in [5, 5.41) is 0. The highest BCUT2D eigenvalue weighted by molar-refractivity contribution is 5.86. The van der Waals surface area contributed by atoms with Gasteiger partial charge in [0.05, 0.1) is 5.54 Å². The van der Waals surface area contributed by atoms with E-state index < -0.39 is 0 Å². The zero-order valence-corrected chi connectivity index (χ0v) is 8.18. The molecule has 0 unspecified atom stereocenters. The first-order valence-electron chi connectivity index (χ1n) is 4.81. The van der Waals surface area contributed by atoms with Crippen LogP contribution in [-0.4, -0.2) is 18.0 Å². The lowest BCUT2D eigenvalue weighted by Gasteiger charge is -2.10. The fourth-order valence-electron chi connectivity index (χ4n) is 1.73. The van der Waals surface area contributed by atoms with Crippen LogP contribution in [0.3, 0.4) is 0 Å². The summed E-state index contributed by atoms with van der Waals surface area (Å²) < 4.78 is 5.64. The van der Waals surface area contributed by atoms with E-state index in [1.807, 2.05) is 0 Å². The van der Waals surface area contributed by atoms with Crippen LogP contribution in [-0.2, 0) is 4.74 Å². The number of nitrogens with zero attached hydrogens (tertiary/aromatic N) is 1. The minimum Gasteiger partial charge on any atom is -0.478 e. The van der Waals surface area contributed by atoms with Crippen LogP contribution in [0.25, 0.3) is 0 Å². The molecule has 12 heavy (non-hydrogen) atoms. The first-order valence-corrected chi connectivity index (χ1v) is 4.81. The van der Waals surface area contributed by atoms with Gasteiger partial charge in [-0.3, -0.25) is 0 Å². The Morgan fingerprint density at radius 2 is 2.08 bits per heavy atom. The lowest BCUT2D eigenvalue weighted by atomic mass is 10.0. The van der Waals surface area contributed by atoms with Crippen LogP contribution in [0.5, 0.6) is 0 Å². The van der Waals surface area contributed by atoms with Gasteiger partial charge in [-0.15, -0.1) is 0 Å². The van der Waals surface area contributed by atoms with Crippen molar-refractivity contribution in [3.05, 3.63) is 0 Å². The Hall–Kier alpha value is -0.530. The smallest absolute Gasteiger partial charge is 0.190 e. The number of hydrogen-bond acceptors (Lipinski definition) is 2. The van der Waals surface area contributed by atoms with Gasteiger partial charge in [0, 0.05) is 5.41 Å². The Bertz CT molecular complexity index is 226. The molecule has 0 spiro atoms. The van der Waals surface area contributed by atoms with Gasteiger partial charge in [0.15, 0.2) is 5.90 Å². The summed E-state index contributed by atoms with van der Waals surface area (Å²) in [4.78, 5) is 4.62. The average molecular weight is 167 g/mol. The highest BCUT2D eigenvalue weighted by atomic mass is 16.5. The first-order chi connectivity index (χ1) is 5.58. The third-order valence-corrected chi connectivity index (χ3v) is 2.95. The molecule has 0 atom stereocenters. The van der Waals surface area contributed by atoms with Gasteiger partial charge in [-0.1, -0.05) is 6.92 Å². The van der Waals surface area contributed by atoms with Gasteiger partial charge in [-0.05, 0) is 33.1 Å². The van der Waals surface area contributed by atoms with Crippen LogP contribution in [0.2, 0.25) is 0 Å². The molecule has 0 aromatic heterocycles. The predicted molar refractivity (Wildman–Crippen MR) is 49.4 cm³/mol. The van der Waals surface area contributed by atoms with Gasteiger partial charge in [-0.2, -0.15) is 0 Å². The molecule has 1 aliphatic carbocycles. The molecule has 1 aliphatic heterocycles. The fourth-order valence-corrected chi connectivity index (χ4v) is 1.73. The molecule has 0 aromatic carbocycles. The Balaban J connectivity index is 2.16. The molecule has 0 radical (unpaired) electrons. The Kier molecular flexibility index (Phi) is 1.51. The van der Waals surface area contributed by atoms with Crippen molar-refractivity contribution in [1.82, 2.24) is 0 Å². The van der Waals surface area contributed by atoms with Crippen LogP contribution >= 0.6 is 0 Å². The largest absolute Gasteiger partial charge is 0.478 e. The van der Waals surface area contributed by atoms with E-state index in [0.717, 1.165) is 12.5 Å². The minimum atomic E-state index is 0.0279. The zero-order valence-electron chi connectivity index (χ0n) is 8.18. The molecule has 0 aromatic rings. The lowest BCUT2D eigenvalue weighted by Crippen LogP contribution is -2.17. The zero-order chi connectivity index (χ0) is 8.82. The van der Waals surface area contributed by atoms with E-state index in [4.69, 9.17) is 4.74 Å². The summed E-state index contributed by atoms with van der Waals surface area (Å²) in [5.41, 5.74) is 0.383. The standard InChI is InChI=1S/C10H17NO/c1-4-10(5-6-10)8-11-9(2,3)7-12-8/h4-7H2,1-3H3. The minimum absolute atomic E-state index is 0.0279. The third kappa shape index (κ3) is 1.13. The molecule has 2 nitrogen and oxygen atoms in total. The summed E-state index contributed by atoms with van der Waals surface area (Å²) in [5.74, 6) is 1.04. The van der Waals surface area contributed by atoms with Crippen molar-refractivity contribution in [3.8, 4) is 0 Å². The highest BCUT2D eigenvalue weighted by Gasteiger charge is 2.50. The van der Waals surface area contributed by atoms with E-state index in [0.29, 0.717) is 5.41 Å². The predicted octanol–water partition coefficient (Wildman–Crippen LogP) is 2.38. The number of ether oxygens (including phenoxy) is 1. The maximum Gasteiger partial charge on any atom is 0.190 e. The van der Waals surface area contributed by atoms with Crippen molar-refractivity contribution in [2.24, 2.45) is 10.4 Å². The van der Waals surface area contributed by atoms with Crippen molar-refractivity contribution in [1.29, 1.82) is 0 Å². The maximum absolute atomic E-state index is 5.64. The van der Waals surface area contributed by atoms with E-state index in [-0.39, 0.29) is 5.54 Å². The first kappa shape index (κ1) is 8.09. The third-order valence-electron chi connectivity index (χ3n) is 2.95. The molecule has 0 amide bonds. The molecule has 2 rings (SSSR count). The Morgan fingerprint density at radius 1 is 1.42 bits per heavy atom. The molecule has 1 heterocycles. The molecular weight excluding hydrogens is 150 g/mol. The van der Waals surface area contributed by atoms with Crippen LogP contribution in [0.1, 0.15) is 40.0 Å². The van der Waals surface area contributed by atoms with Gasteiger partial charge < -0.3 is 4.74 Å². The summed E-state index contributed by atoms with van der Waals surface area (Å²) in [6, 6.07) is 0. The van der Waals surface area contributed by atoms with E-state index >= 15 is 0 Å². The molecule has 68 valence electrons. The molecule has 2 heteroatoms. The van der Waals surface area contributed by atoms with E-state index in [9.17, 15) is 0 Å². The average Bonchev–Trinajstić information content (AvgIpc) is 2.72. The second kappa shape index (κ2) is 2.24. The van der Waals surface area contributed by atoms with E-state index in [1.165, 1.54) is 19.3 Å². The second-order valence-corrected chi connectivity index (χ2v) is 4.65. The number of rotatable bonds is 2. The van der Waals surface area contributed by atoms with Crippen molar-refractivity contribution in [2.45, 2.75) is 45.6 Å². The summed E-state index contributed by atoms with van der Waals surface area (Å²) in [6.07, 6.45) is 3.73. The van der Waals surface area contributed by atoms with Gasteiger partial charge >= 0.3 is 0 Å². The van der Waals surface area contributed by atoms with Gasteiger partial charge in [0.2, 0.25) is 0 Å². The van der Waals surface area contributed by atoms with Crippen LogP contribution in [0.4, 0.5) is 0 Å². The van der Waals surface area contributed by atoms with Crippen LogP contribution in [0.15, 0.2) is 4.99 Å². The molecular formula is C10H17NO. The second-order valence-electron chi connectivity index (χ2n) is 4.65. The quantitative estimate of drug-likeness (QED) is 0.618. The van der Waals surface area contributed by atoms with Crippen LogP contribution in [0, 0.1) is 5.41 Å². The maximum atomic E-state index is 5.64. The van der Waals surface area contributed by atoms with Crippen molar-refractivity contribution in [3.63, 3.8) is 0 Å². The summed E-state index contributed by atoms with van der Waals surface area (Å²) in [7, 11) is 0. The summed E-state index contributed by atoms with van der Waals surface area (Å²) >= 11 is 0. The summed E-state index contributed by atoms with van der Waals surface area (Å²) in [6.45, 7) is 7.26. The van der Waals surface area contributed by atoms with Crippen molar-refractivity contribution >= 4 is 5.90 Å².